The third-order valence-corrected chi connectivity index (χ3v) is 6.61. The molecule has 0 radical (unpaired) electrons. The molecule has 0 bridgehead atoms. The average Bonchev–Trinajstić information content (AvgIpc) is 2.61. The third kappa shape index (κ3) is 3.92. The van der Waals surface area contributed by atoms with Crippen LogP contribution in [0.25, 0.3) is 0 Å². The summed E-state index contributed by atoms with van der Waals surface area (Å²) < 4.78 is 26.8. The highest BCUT2D eigenvalue weighted by molar-refractivity contribution is 7.89. The Kier molecular flexibility index (Phi) is 5.37. The Morgan fingerprint density at radius 2 is 1.46 bits per heavy atom. The summed E-state index contributed by atoms with van der Waals surface area (Å²) in [5, 5.41) is 0.493. The molecule has 138 valence electrons. The van der Waals surface area contributed by atoms with E-state index in [0.29, 0.717) is 23.7 Å². The molecule has 0 atom stereocenters. The van der Waals surface area contributed by atoms with Crippen LogP contribution in [0.1, 0.15) is 21.5 Å². The van der Waals surface area contributed by atoms with Gasteiger partial charge in [0, 0.05) is 36.8 Å². The molecule has 3 rings (SSSR count). The number of benzene rings is 2. The Hall–Kier alpha value is -1.89. The molecule has 5 nitrogen and oxygen atoms in total. The van der Waals surface area contributed by atoms with E-state index >= 15 is 0 Å². The number of aryl methyl sites for hydroxylation is 2. The van der Waals surface area contributed by atoms with Gasteiger partial charge in [0.05, 0.1) is 4.90 Å². The number of halogens is 1. The van der Waals surface area contributed by atoms with E-state index in [2.05, 4.69) is 0 Å². The predicted octanol–water partition coefficient (Wildman–Crippen LogP) is 3.10. The fourth-order valence-electron chi connectivity index (χ4n) is 3.17. The molecule has 0 aromatic heterocycles. The van der Waals surface area contributed by atoms with Gasteiger partial charge in [-0.05, 0) is 50.2 Å². The molecule has 1 saturated heterocycles. The number of amides is 1. The van der Waals surface area contributed by atoms with Crippen molar-refractivity contribution in [2.75, 3.05) is 26.2 Å². The van der Waals surface area contributed by atoms with Crippen molar-refractivity contribution in [1.82, 2.24) is 9.21 Å². The van der Waals surface area contributed by atoms with E-state index in [4.69, 9.17) is 11.6 Å². The largest absolute Gasteiger partial charge is 0.336 e. The molecule has 26 heavy (non-hydrogen) atoms. The lowest BCUT2D eigenvalue weighted by Gasteiger charge is -2.34. The van der Waals surface area contributed by atoms with Gasteiger partial charge in [-0.2, -0.15) is 4.31 Å². The summed E-state index contributed by atoms with van der Waals surface area (Å²) in [5.41, 5.74) is 2.73. The minimum absolute atomic E-state index is 0.0552. The van der Waals surface area contributed by atoms with Gasteiger partial charge in [-0.25, -0.2) is 8.42 Å². The van der Waals surface area contributed by atoms with E-state index in [-0.39, 0.29) is 23.9 Å². The van der Waals surface area contributed by atoms with Crippen LogP contribution < -0.4 is 0 Å². The monoisotopic (exact) mass is 392 g/mol. The van der Waals surface area contributed by atoms with Gasteiger partial charge in [-0.15, -0.1) is 0 Å². The first-order valence-corrected chi connectivity index (χ1v) is 10.2. The van der Waals surface area contributed by atoms with Gasteiger partial charge in [-0.1, -0.05) is 28.8 Å². The zero-order valence-electron chi connectivity index (χ0n) is 14.8. The second-order valence-corrected chi connectivity index (χ2v) is 8.90. The zero-order valence-corrected chi connectivity index (χ0v) is 16.3. The van der Waals surface area contributed by atoms with Crippen molar-refractivity contribution < 1.29 is 13.2 Å². The number of sulfonamides is 1. The first-order valence-electron chi connectivity index (χ1n) is 8.41. The first-order chi connectivity index (χ1) is 12.3. The van der Waals surface area contributed by atoms with Crippen molar-refractivity contribution >= 4 is 27.5 Å². The van der Waals surface area contributed by atoms with Gasteiger partial charge in [-0.3, -0.25) is 4.79 Å². The molecular weight excluding hydrogens is 372 g/mol. The highest BCUT2D eigenvalue weighted by atomic mass is 35.5. The Labute approximate surface area is 159 Å². The molecule has 0 unspecified atom stereocenters. The number of piperazine rings is 1. The fourth-order valence-corrected chi connectivity index (χ4v) is 4.72. The van der Waals surface area contributed by atoms with Crippen LogP contribution in [0.4, 0.5) is 0 Å². The maximum absolute atomic E-state index is 12.7. The summed E-state index contributed by atoms with van der Waals surface area (Å²) in [4.78, 5) is 14.6. The molecule has 1 fully saturated rings. The SMILES string of the molecule is Cc1cc(C)cc(C(=O)N2CCN(S(=O)(=O)c3ccc(Cl)cc3)CC2)c1. The molecule has 0 aliphatic carbocycles. The molecule has 0 spiro atoms. The van der Waals surface area contributed by atoms with Crippen LogP contribution >= 0.6 is 11.6 Å². The van der Waals surface area contributed by atoms with Crippen molar-refractivity contribution in [2.24, 2.45) is 0 Å². The summed E-state index contributed by atoms with van der Waals surface area (Å²) in [6.45, 7) is 5.22. The minimum Gasteiger partial charge on any atom is -0.336 e. The van der Waals surface area contributed by atoms with Crippen molar-refractivity contribution in [3.8, 4) is 0 Å². The molecule has 1 aliphatic heterocycles. The van der Waals surface area contributed by atoms with Gasteiger partial charge < -0.3 is 4.90 Å². The molecule has 2 aromatic carbocycles. The highest BCUT2D eigenvalue weighted by Crippen LogP contribution is 2.21. The van der Waals surface area contributed by atoms with Crippen LogP contribution in [0.2, 0.25) is 5.02 Å². The summed E-state index contributed by atoms with van der Waals surface area (Å²) in [5.74, 6) is -0.0552. The second kappa shape index (κ2) is 7.39. The average molecular weight is 393 g/mol. The van der Waals surface area contributed by atoms with E-state index in [1.807, 2.05) is 32.0 Å². The third-order valence-electron chi connectivity index (χ3n) is 4.45. The maximum atomic E-state index is 12.7. The van der Waals surface area contributed by atoms with Gasteiger partial charge in [0.15, 0.2) is 0 Å². The number of rotatable bonds is 3. The van der Waals surface area contributed by atoms with Gasteiger partial charge >= 0.3 is 0 Å². The lowest BCUT2D eigenvalue weighted by atomic mass is 10.1. The number of nitrogens with zero attached hydrogens (tertiary/aromatic N) is 2. The topological polar surface area (TPSA) is 57.7 Å². The maximum Gasteiger partial charge on any atom is 0.253 e. The van der Waals surface area contributed by atoms with Crippen molar-refractivity contribution in [3.63, 3.8) is 0 Å². The van der Waals surface area contributed by atoms with Gasteiger partial charge in [0.25, 0.3) is 5.91 Å². The van der Waals surface area contributed by atoms with Crippen LogP contribution in [0, 0.1) is 13.8 Å². The van der Waals surface area contributed by atoms with Crippen LogP contribution in [-0.2, 0) is 10.0 Å². The molecule has 0 N–H and O–H groups in total. The molecule has 1 amide bonds. The van der Waals surface area contributed by atoms with Crippen LogP contribution in [0.15, 0.2) is 47.4 Å². The molecule has 7 heteroatoms. The second-order valence-electron chi connectivity index (χ2n) is 6.53. The summed E-state index contributed by atoms with van der Waals surface area (Å²) >= 11 is 5.83. The Morgan fingerprint density at radius 1 is 0.923 bits per heavy atom. The van der Waals surface area contributed by atoms with Crippen molar-refractivity contribution in [1.29, 1.82) is 0 Å². The van der Waals surface area contributed by atoms with E-state index in [9.17, 15) is 13.2 Å². The van der Waals surface area contributed by atoms with E-state index in [0.717, 1.165) is 11.1 Å². The predicted molar refractivity (Wildman–Crippen MR) is 102 cm³/mol. The molecule has 1 heterocycles. The van der Waals surface area contributed by atoms with E-state index < -0.39 is 10.0 Å². The quantitative estimate of drug-likeness (QED) is 0.806. The number of hydrogen-bond donors (Lipinski definition) is 0. The number of carbonyl (C=O) groups excluding carboxylic acids is 1. The minimum atomic E-state index is -3.57. The Bertz CT molecular complexity index is 898. The van der Waals surface area contributed by atoms with E-state index in [1.165, 1.54) is 16.4 Å². The number of carbonyl (C=O) groups is 1. The normalized spacial score (nSPS) is 15.9. The summed E-state index contributed by atoms with van der Waals surface area (Å²) in [6.07, 6.45) is 0. The van der Waals surface area contributed by atoms with Gasteiger partial charge in [0.2, 0.25) is 10.0 Å². The van der Waals surface area contributed by atoms with Crippen LogP contribution in [0.5, 0.6) is 0 Å². The highest BCUT2D eigenvalue weighted by Gasteiger charge is 2.30. The Balaban J connectivity index is 1.70. The summed E-state index contributed by atoms with van der Waals surface area (Å²) in [6, 6.07) is 11.9. The summed E-state index contributed by atoms with van der Waals surface area (Å²) in [7, 11) is -3.57. The zero-order chi connectivity index (χ0) is 18.9. The molecule has 2 aromatic rings. The van der Waals surface area contributed by atoms with E-state index in [1.54, 1.807) is 17.0 Å². The van der Waals surface area contributed by atoms with Crippen molar-refractivity contribution in [2.45, 2.75) is 18.7 Å². The van der Waals surface area contributed by atoms with Crippen LogP contribution in [0.3, 0.4) is 0 Å². The smallest absolute Gasteiger partial charge is 0.253 e. The molecule has 0 saturated carbocycles. The molecular formula is C19H21ClN2O3S. The fraction of sp³-hybridized carbons (Fsp3) is 0.316. The number of hydrogen-bond acceptors (Lipinski definition) is 3. The first kappa shape index (κ1) is 18.9. The van der Waals surface area contributed by atoms with Crippen molar-refractivity contribution in [3.05, 3.63) is 64.2 Å². The van der Waals surface area contributed by atoms with Crippen LogP contribution in [-0.4, -0.2) is 49.7 Å². The standard InChI is InChI=1S/C19H21ClN2O3S/c1-14-11-15(2)13-16(12-14)19(23)21-7-9-22(10-8-21)26(24,25)18-5-3-17(20)4-6-18/h3-6,11-13H,7-10H2,1-2H3. The Morgan fingerprint density at radius 3 is 2.00 bits per heavy atom. The lowest BCUT2D eigenvalue weighted by Crippen LogP contribution is -2.50. The molecule has 1 aliphatic rings. The van der Waals surface area contributed by atoms with Gasteiger partial charge in [0.1, 0.15) is 0 Å². The lowest BCUT2D eigenvalue weighted by molar-refractivity contribution is 0.0697.